The maximum atomic E-state index is 9.56. The first-order chi connectivity index (χ1) is 8.97. The average Bonchev–Trinajstić information content (AvgIpc) is 2.33. The van der Waals surface area contributed by atoms with Crippen molar-refractivity contribution in [2.75, 3.05) is 0 Å². The number of benzene rings is 2. The number of ether oxygens (including phenoxy) is 1. The third-order valence-corrected chi connectivity index (χ3v) is 3.78. The second-order valence-corrected chi connectivity index (χ2v) is 5.73. The molecule has 0 aromatic heterocycles. The van der Waals surface area contributed by atoms with Crippen LogP contribution in [-0.2, 0) is 0 Å². The molecule has 2 nitrogen and oxygen atoms in total. The van der Waals surface area contributed by atoms with E-state index in [1.54, 1.807) is 43.3 Å². The molecule has 0 saturated heterocycles. The molecular weight excluding hydrogens is 351 g/mol. The molecular formula is C14H11BrCl2O2. The summed E-state index contributed by atoms with van der Waals surface area (Å²) in [6.07, 6.45) is -0.543. The maximum absolute atomic E-state index is 9.56. The van der Waals surface area contributed by atoms with E-state index >= 15 is 0 Å². The van der Waals surface area contributed by atoms with Crippen molar-refractivity contribution in [3.05, 3.63) is 56.5 Å². The fraction of sp³-hybridized carbons (Fsp3) is 0.143. The van der Waals surface area contributed by atoms with Gasteiger partial charge in [0.2, 0.25) is 0 Å². The minimum Gasteiger partial charge on any atom is -0.456 e. The van der Waals surface area contributed by atoms with E-state index in [0.717, 1.165) is 10.0 Å². The highest BCUT2D eigenvalue weighted by molar-refractivity contribution is 9.10. The molecule has 19 heavy (non-hydrogen) atoms. The Morgan fingerprint density at radius 1 is 1.16 bits per heavy atom. The molecule has 2 aromatic carbocycles. The second-order valence-electron chi connectivity index (χ2n) is 4.04. The predicted octanol–water partition coefficient (Wildman–Crippen LogP) is 5.60. The highest BCUT2D eigenvalue weighted by atomic mass is 79.9. The van der Waals surface area contributed by atoms with Gasteiger partial charge in [0.1, 0.15) is 11.5 Å². The van der Waals surface area contributed by atoms with Crippen LogP contribution in [0.25, 0.3) is 0 Å². The Kier molecular flexibility index (Phi) is 4.74. The molecule has 0 amide bonds. The number of hydrogen-bond donors (Lipinski definition) is 1. The molecule has 0 aliphatic rings. The second kappa shape index (κ2) is 6.14. The average molecular weight is 362 g/mol. The summed E-state index contributed by atoms with van der Waals surface area (Å²) in [5, 5.41) is 10.6. The maximum Gasteiger partial charge on any atom is 0.147 e. The number of aliphatic hydroxyl groups excluding tert-OH is 1. The fourth-order valence-corrected chi connectivity index (χ4v) is 2.60. The summed E-state index contributed by atoms with van der Waals surface area (Å²) in [5.74, 6) is 1.10. The predicted molar refractivity (Wildman–Crippen MR) is 81.3 cm³/mol. The molecule has 1 N–H and O–H groups in total. The van der Waals surface area contributed by atoms with E-state index in [1.807, 2.05) is 0 Å². The lowest BCUT2D eigenvalue weighted by molar-refractivity contribution is 0.198. The van der Waals surface area contributed by atoms with Crippen LogP contribution in [0.1, 0.15) is 18.6 Å². The van der Waals surface area contributed by atoms with Gasteiger partial charge in [-0.3, -0.25) is 0 Å². The molecule has 2 rings (SSSR count). The van der Waals surface area contributed by atoms with E-state index in [4.69, 9.17) is 27.9 Å². The number of hydrogen-bond acceptors (Lipinski definition) is 2. The zero-order valence-electron chi connectivity index (χ0n) is 10.0. The Balaban J connectivity index is 2.29. The highest BCUT2D eigenvalue weighted by Gasteiger charge is 2.09. The molecule has 2 aromatic rings. The van der Waals surface area contributed by atoms with Gasteiger partial charge in [0.05, 0.1) is 11.1 Å². The molecule has 0 aliphatic carbocycles. The van der Waals surface area contributed by atoms with E-state index in [-0.39, 0.29) is 0 Å². The molecule has 0 bridgehead atoms. The van der Waals surface area contributed by atoms with Crippen LogP contribution in [0, 0.1) is 0 Å². The Morgan fingerprint density at radius 2 is 1.89 bits per heavy atom. The largest absolute Gasteiger partial charge is 0.456 e. The summed E-state index contributed by atoms with van der Waals surface area (Å²) in [6.45, 7) is 1.70. The first-order valence-corrected chi connectivity index (χ1v) is 7.12. The molecule has 0 saturated carbocycles. The van der Waals surface area contributed by atoms with Crippen LogP contribution >= 0.6 is 39.1 Å². The van der Waals surface area contributed by atoms with Gasteiger partial charge in [0, 0.05) is 15.6 Å². The van der Waals surface area contributed by atoms with Crippen molar-refractivity contribution in [1.29, 1.82) is 0 Å². The lowest BCUT2D eigenvalue weighted by Crippen LogP contribution is -1.93. The highest BCUT2D eigenvalue weighted by Crippen LogP contribution is 2.34. The van der Waals surface area contributed by atoms with E-state index in [1.165, 1.54) is 0 Å². The molecule has 0 heterocycles. The first-order valence-electron chi connectivity index (χ1n) is 5.58. The molecule has 0 radical (unpaired) electrons. The third-order valence-electron chi connectivity index (χ3n) is 2.54. The lowest BCUT2D eigenvalue weighted by atomic mass is 10.1. The molecule has 0 aliphatic heterocycles. The van der Waals surface area contributed by atoms with E-state index in [9.17, 15) is 5.11 Å². The summed E-state index contributed by atoms with van der Waals surface area (Å²) >= 11 is 15.3. The van der Waals surface area contributed by atoms with Gasteiger partial charge >= 0.3 is 0 Å². The fourth-order valence-electron chi connectivity index (χ4n) is 1.59. The summed E-state index contributed by atoms with van der Waals surface area (Å²) in [6, 6.07) is 10.4. The van der Waals surface area contributed by atoms with Gasteiger partial charge < -0.3 is 9.84 Å². The zero-order valence-corrected chi connectivity index (χ0v) is 13.1. The van der Waals surface area contributed by atoms with Crippen molar-refractivity contribution in [2.45, 2.75) is 13.0 Å². The summed E-state index contributed by atoms with van der Waals surface area (Å²) in [7, 11) is 0. The van der Waals surface area contributed by atoms with Crippen LogP contribution in [0.2, 0.25) is 10.0 Å². The number of rotatable bonds is 3. The minimum absolute atomic E-state index is 0.486. The van der Waals surface area contributed by atoms with Crippen molar-refractivity contribution < 1.29 is 9.84 Å². The van der Waals surface area contributed by atoms with Gasteiger partial charge in [-0.25, -0.2) is 0 Å². The lowest BCUT2D eigenvalue weighted by Gasteiger charge is -2.11. The monoisotopic (exact) mass is 360 g/mol. The van der Waals surface area contributed by atoms with Gasteiger partial charge in [0.15, 0.2) is 0 Å². The molecule has 1 atom stereocenters. The van der Waals surface area contributed by atoms with Crippen LogP contribution < -0.4 is 4.74 Å². The Bertz CT molecular complexity index is 600. The van der Waals surface area contributed by atoms with Crippen molar-refractivity contribution >= 4 is 39.1 Å². The SMILES string of the molecule is C[C@H](O)c1ccc(Oc2cc(Cl)ccc2Cl)cc1Br. The van der Waals surface area contributed by atoms with Crippen LogP contribution in [0.4, 0.5) is 0 Å². The Labute approximate surface area is 130 Å². The van der Waals surface area contributed by atoms with Crippen molar-refractivity contribution in [2.24, 2.45) is 0 Å². The van der Waals surface area contributed by atoms with Gasteiger partial charge in [-0.1, -0.05) is 45.2 Å². The van der Waals surface area contributed by atoms with Crippen LogP contribution in [0.3, 0.4) is 0 Å². The summed E-state index contributed by atoms with van der Waals surface area (Å²) < 4.78 is 6.45. The van der Waals surface area contributed by atoms with Gasteiger partial charge in [-0.15, -0.1) is 0 Å². The molecule has 0 spiro atoms. The standard InChI is InChI=1S/C14H11BrCl2O2/c1-8(18)11-4-3-10(7-12(11)15)19-14-6-9(16)2-5-13(14)17/h2-8,18H,1H3/t8-/m0/s1. The third kappa shape index (κ3) is 3.63. The van der Waals surface area contributed by atoms with Crippen LogP contribution in [0.15, 0.2) is 40.9 Å². The summed E-state index contributed by atoms with van der Waals surface area (Å²) in [4.78, 5) is 0. The summed E-state index contributed by atoms with van der Waals surface area (Å²) in [5.41, 5.74) is 0.796. The van der Waals surface area contributed by atoms with Crippen molar-refractivity contribution in [3.8, 4) is 11.5 Å². The Hall–Kier alpha value is -0.740. The molecule has 100 valence electrons. The normalized spacial score (nSPS) is 12.3. The Morgan fingerprint density at radius 3 is 2.53 bits per heavy atom. The van der Waals surface area contributed by atoms with Crippen LogP contribution in [-0.4, -0.2) is 5.11 Å². The number of halogens is 3. The van der Waals surface area contributed by atoms with Crippen LogP contribution in [0.5, 0.6) is 11.5 Å². The quantitative estimate of drug-likeness (QED) is 0.770. The van der Waals surface area contributed by atoms with Gasteiger partial charge in [-0.05, 0) is 36.8 Å². The minimum atomic E-state index is -0.543. The van der Waals surface area contributed by atoms with Crippen molar-refractivity contribution in [1.82, 2.24) is 0 Å². The van der Waals surface area contributed by atoms with Gasteiger partial charge in [-0.2, -0.15) is 0 Å². The number of aliphatic hydroxyl groups is 1. The topological polar surface area (TPSA) is 29.5 Å². The van der Waals surface area contributed by atoms with E-state index in [0.29, 0.717) is 21.5 Å². The smallest absolute Gasteiger partial charge is 0.147 e. The van der Waals surface area contributed by atoms with Gasteiger partial charge in [0.25, 0.3) is 0 Å². The van der Waals surface area contributed by atoms with E-state index in [2.05, 4.69) is 15.9 Å². The first kappa shape index (κ1) is 14.7. The zero-order chi connectivity index (χ0) is 14.0. The molecule has 0 unspecified atom stereocenters. The molecule has 0 fully saturated rings. The van der Waals surface area contributed by atoms with E-state index < -0.39 is 6.10 Å². The van der Waals surface area contributed by atoms with Crippen molar-refractivity contribution in [3.63, 3.8) is 0 Å². The molecule has 5 heteroatoms.